The molecule has 0 radical (unpaired) electrons. The minimum Gasteiger partial charge on any atom is -0.381 e. The Morgan fingerprint density at radius 1 is 1.37 bits per heavy atom. The first kappa shape index (κ1) is 15.0. The third-order valence-electron chi connectivity index (χ3n) is 3.75. The quantitative estimate of drug-likeness (QED) is 0.869. The number of aryl methyl sites for hydroxylation is 1. The number of rotatable bonds is 6. The summed E-state index contributed by atoms with van der Waals surface area (Å²) in [6, 6.07) is 4.72. The second-order valence-electron chi connectivity index (χ2n) is 5.05. The summed E-state index contributed by atoms with van der Waals surface area (Å²) < 4.78 is 11.7. The van der Waals surface area contributed by atoms with E-state index in [9.17, 15) is 0 Å². The Morgan fingerprint density at radius 2 is 2.11 bits per heavy atom. The van der Waals surface area contributed by atoms with Crippen molar-refractivity contribution in [3.8, 4) is 0 Å². The van der Waals surface area contributed by atoms with Crippen LogP contribution < -0.4 is 5.32 Å². The van der Waals surface area contributed by atoms with Crippen molar-refractivity contribution in [1.29, 1.82) is 0 Å². The number of hydrogen-bond donors (Lipinski definition) is 1. The summed E-state index contributed by atoms with van der Waals surface area (Å²) in [6.07, 6.45) is 1.94. The smallest absolute Gasteiger partial charge is 0.0927 e. The second-order valence-corrected chi connectivity index (χ2v) is 6.37. The lowest BCUT2D eigenvalue weighted by Gasteiger charge is -2.43. The second kappa shape index (κ2) is 6.84. The molecule has 1 unspecified atom stereocenters. The van der Waals surface area contributed by atoms with Gasteiger partial charge in [-0.3, -0.25) is 0 Å². The zero-order chi connectivity index (χ0) is 13.7. The van der Waals surface area contributed by atoms with E-state index in [0.29, 0.717) is 0 Å². The zero-order valence-electron chi connectivity index (χ0n) is 12.2. The molecular formula is C15H25NO2S. The van der Waals surface area contributed by atoms with Crippen LogP contribution in [0, 0.1) is 6.92 Å². The molecule has 0 saturated carbocycles. The molecule has 3 nitrogen and oxygen atoms in total. The fourth-order valence-corrected chi connectivity index (χ4v) is 3.94. The van der Waals surface area contributed by atoms with Crippen molar-refractivity contribution >= 4 is 11.3 Å². The Hall–Kier alpha value is -0.420. The zero-order valence-corrected chi connectivity index (χ0v) is 13.0. The molecule has 2 heterocycles. The first-order chi connectivity index (χ1) is 9.22. The van der Waals surface area contributed by atoms with Gasteiger partial charge in [-0.2, -0.15) is 0 Å². The number of hydrogen-bond acceptors (Lipinski definition) is 4. The van der Waals surface area contributed by atoms with Gasteiger partial charge in [0.2, 0.25) is 0 Å². The number of likely N-dealkylation sites (N-methyl/N-ethyl adjacent to an activating group) is 1. The molecule has 1 saturated heterocycles. The topological polar surface area (TPSA) is 30.5 Å². The minimum absolute atomic E-state index is 0.111. The van der Waals surface area contributed by atoms with Gasteiger partial charge in [-0.15, -0.1) is 11.3 Å². The molecular weight excluding hydrogens is 258 g/mol. The van der Waals surface area contributed by atoms with Crippen molar-refractivity contribution in [3.63, 3.8) is 0 Å². The Kier molecular flexibility index (Phi) is 5.39. The van der Waals surface area contributed by atoms with Crippen LogP contribution in [0.5, 0.6) is 0 Å². The summed E-state index contributed by atoms with van der Waals surface area (Å²) in [5, 5.41) is 3.64. The number of ether oxygens (including phenoxy) is 2. The summed E-state index contributed by atoms with van der Waals surface area (Å²) in [5.74, 6) is 0. The lowest BCUT2D eigenvalue weighted by Crippen LogP contribution is -2.49. The third kappa shape index (κ3) is 3.37. The molecule has 19 heavy (non-hydrogen) atoms. The van der Waals surface area contributed by atoms with Crippen molar-refractivity contribution in [1.82, 2.24) is 5.32 Å². The highest BCUT2D eigenvalue weighted by Gasteiger charge is 2.42. The van der Waals surface area contributed by atoms with Crippen LogP contribution in [0.4, 0.5) is 0 Å². The monoisotopic (exact) mass is 283 g/mol. The normalized spacial score (nSPS) is 20.4. The van der Waals surface area contributed by atoms with Crippen LogP contribution in [0.3, 0.4) is 0 Å². The van der Waals surface area contributed by atoms with Crippen molar-refractivity contribution in [2.75, 3.05) is 26.4 Å². The Bertz CT molecular complexity index is 380. The first-order valence-electron chi connectivity index (χ1n) is 7.23. The number of thiophene rings is 1. The van der Waals surface area contributed by atoms with Crippen molar-refractivity contribution in [2.24, 2.45) is 0 Å². The van der Waals surface area contributed by atoms with Crippen LogP contribution in [0.2, 0.25) is 0 Å². The molecule has 4 heteroatoms. The van der Waals surface area contributed by atoms with Crippen LogP contribution in [0.1, 0.15) is 42.5 Å². The summed E-state index contributed by atoms with van der Waals surface area (Å²) >= 11 is 1.87. The molecule has 1 fully saturated rings. The standard InChI is InChI=1S/C15H25NO2S/c1-4-16-14(13-7-6-12(3)19-13)15(18-5-2)8-10-17-11-9-15/h6-7,14,16H,4-5,8-11H2,1-3H3. The minimum atomic E-state index is -0.111. The van der Waals surface area contributed by atoms with Crippen molar-refractivity contribution < 1.29 is 9.47 Å². The van der Waals surface area contributed by atoms with Crippen LogP contribution in [0.25, 0.3) is 0 Å². The highest BCUT2D eigenvalue weighted by atomic mass is 32.1. The van der Waals surface area contributed by atoms with Gasteiger partial charge in [0.05, 0.1) is 11.6 Å². The molecule has 0 spiro atoms. The summed E-state index contributed by atoms with van der Waals surface area (Å²) in [5.41, 5.74) is -0.111. The maximum atomic E-state index is 6.21. The van der Waals surface area contributed by atoms with Gasteiger partial charge in [-0.25, -0.2) is 0 Å². The Morgan fingerprint density at radius 3 is 2.63 bits per heavy atom. The van der Waals surface area contributed by atoms with E-state index in [2.05, 4.69) is 38.2 Å². The molecule has 1 aliphatic heterocycles. The van der Waals surface area contributed by atoms with Gasteiger partial charge in [0.1, 0.15) is 0 Å². The van der Waals surface area contributed by atoms with Crippen LogP contribution in [-0.2, 0) is 9.47 Å². The molecule has 0 bridgehead atoms. The lowest BCUT2D eigenvalue weighted by atomic mass is 9.85. The molecule has 0 aromatic carbocycles. The largest absolute Gasteiger partial charge is 0.381 e. The van der Waals surface area contributed by atoms with Gasteiger partial charge in [0, 0.05) is 42.4 Å². The number of nitrogens with one attached hydrogen (secondary N) is 1. The van der Waals surface area contributed by atoms with Gasteiger partial charge in [-0.05, 0) is 32.5 Å². The lowest BCUT2D eigenvalue weighted by molar-refractivity contribution is -0.127. The fraction of sp³-hybridized carbons (Fsp3) is 0.733. The fourth-order valence-electron chi connectivity index (χ4n) is 2.88. The van der Waals surface area contributed by atoms with E-state index in [1.807, 2.05) is 11.3 Å². The first-order valence-corrected chi connectivity index (χ1v) is 8.05. The van der Waals surface area contributed by atoms with Gasteiger partial charge in [0.15, 0.2) is 0 Å². The van der Waals surface area contributed by atoms with E-state index in [-0.39, 0.29) is 11.6 Å². The molecule has 1 aromatic rings. The Labute approximate surface area is 120 Å². The van der Waals surface area contributed by atoms with Gasteiger partial charge in [-0.1, -0.05) is 6.92 Å². The molecule has 1 atom stereocenters. The molecule has 0 aliphatic carbocycles. The third-order valence-corrected chi connectivity index (χ3v) is 4.82. The van der Waals surface area contributed by atoms with Crippen LogP contribution in [-0.4, -0.2) is 32.0 Å². The highest BCUT2D eigenvalue weighted by molar-refractivity contribution is 7.12. The van der Waals surface area contributed by atoms with E-state index in [4.69, 9.17) is 9.47 Å². The average Bonchev–Trinajstić information content (AvgIpc) is 2.83. The van der Waals surface area contributed by atoms with E-state index >= 15 is 0 Å². The van der Waals surface area contributed by atoms with Crippen LogP contribution in [0.15, 0.2) is 12.1 Å². The SMILES string of the molecule is CCNC(c1ccc(C)s1)C1(OCC)CCOCC1. The van der Waals surface area contributed by atoms with Crippen molar-refractivity contribution in [3.05, 3.63) is 21.9 Å². The van der Waals surface area contributed by atoms with Gasteiger partial charge >= 0.3 is 0 Å². The summed E-state index contributed by atoms with van der Waals surface area (Å²) in [6.45, 7) is 9.71. The summed E-state index contributed by atoms with van der Waals surface area (Å²) in [7, 11) is 0. The van der Waals surface area contributed by atoms with Crippen LogP contribution >= 0.6 is 11.3 Å². The predicted molar refractivity (Wildman–Crippen MR) is 79.9 cm³/mol. The molecule has 1 aliphatic rings. The van der Waals surface area contributed by atoms with Crippen molar-refractivity contribution in [2.45, 2.75) is 45.3 Å². The maximum Gasteiger partial charge on any atom is 0.0927 e. The molecule has 0 amide bonds. The molecule has 2 rings (SSSR count). The van der Waals surface area contributed by atoms with Gasteiger partial charge in [0.25, 0.3) is 0 Å². The molecule has 1 N–H and O–H groups in total. The Balaban J connectivity index is 2.27. The maximum absolute atomic E-state index is 6.21. The molecule has 1 aromatic heterocycles. The highest BCUT2D eigenvalue weighted by Crippen LogP contribution is 2.40. The molecule has 108 valence electrons. The van der Waals surface area contributed by atoms with E-state index in [1.54, 1.807) is 0 Å². The van der Waals surface area contributed by atoms with Gasteiger partial charge < -0.3 is 14.8 Å². The average molecular weight is 283 g/mol. The van der Waals surface area contributed by atoms with E-state index < -0.39 is 0 Å². The summed E-state index contributed by atoms with van der Waals surface area (Å²) in [4.78, 5) is 2.74. The van der Waals surface area contributed by atoms with E-state index in [0.717, 1.165) is 39.2 Å². The predicted octanol–water partition coefficient (Wildman–Crippen LogP) is 3.29. The van der Waals surface area contributed by atoms with E-state index in [1.165, 1.54) is 9.75 Å².